The maximum atomic E-state index is 12.7. The maximum Gasteiger partial charge on any atom is 0.405 e. The lowest BCUT2D eigenvalue weighted by Gasteiger charge is -2.21. The van der Waals surface area contributed by atoms with E-state index >= 15 is 0 Å². The lowest BCUT2D eigenvalue weighted by molar-refractivity contribution is -0.119. The van der Waals surface area contributed by atoms with Gasteiger partial charge in [-0.15, -0.1) is 0 Å². The van der Waals surface area contributed by atoms with E-state index in [2.05, 4.69) is 25.3 Å². The van der Waals surface area contributed by atoms with Crippen molar-refractivity contribution in [2.75, 3.05) is 23.8 Å². The van der Waals surface area contributed by atoms with Crippen LogP contribution in [-0.4, -0.2) is 40.6 Å². The lowest BCUT2D eigenvalue weighted by Crippen LogP contribution is -2.31. The molecule has 6 nitrogen and oxygen atoms in total. The first-order valence-electron chi connectivity index (χ1n) is 8.19. The number of nitrogens with zero attached hydrogens (tertiary/aromatic N) is 5. The molecule has 4 rings (SSSR count). The van der Waals surface area contributed by atoms with E-state index in [-0.39, 0.29) is 5.82 Å². The molecule has 2 aromatic heterocycles. The van der Waals surface area contributed by atoms with Crippen LogP contribution in [-0.2, 0) is 6.54 Å². The highest BCUT2D eigenvalue weighted by Crippen LogP contribution is 2.29. The summed E-state index contributed by atoms with van der Waals surface area (Å²) in [6.07, 6.45) is 0.437. The number of aromatic nitrogens is 3. The molecular weight excluding hydrogens is 357 g/mol. The Labute approximate surface area is 152 Å². The molecule has 3 heterocycles. The van der Waals surface area contributed by atoms with Gasteiger partial charge in [-0.2, -0.15) is 13.2 Å². The Morgan fingerprint density at radius 1 is 1.07 bits per heavy atom. The zero-order chi connectivity index (χ0) is 19.0. The van der Waals surface area contributed by atoms with Gasteiger partial charge in [-0.05, 0) is 29.7 Å². The number of pyridine rings is 1. The molecule has 0 saturated carbocycles. The first-order valence-corrected chi connectivity index (χ1v) is 8.19. The van der Waals surface area contributed by atoms with Crippen molar-refractivity contribution in [3.63, 3.8) is 0 Å². The number of hydrogen-bond acceptors (Lipinski definition) is 6. The Kier molecular flexibility index (Phi) is 4.14. The maximum absolute atomic E-state index is 12.7. The van der Waals surface area contributed by atoms with Gasteiger partial charge in [0, 0.05) is 36.7 Å². The number of alkyl halides is 3. The molecule has 3 aromatic rings. The van der Waals surface area contributed by atoms with Gasteiger partial charge in [-0.25, -0.2) is 9.97 Å². The molecule has 1 aliphatic rings. The molecule has 0 atom stereocenters. The third kappa shape index (κ3) is 3.53. The summed E-state index contributed by atoms with van der Waals surface area (Å²) in [5.74, 6) is 0.909. The molecule has 0 fully saturated rings. The number of fused-ring (bicyclic) bond motifs is 2. The van der Waals surface area contributed by atoms with Crippen molar-refractivity contribution in [1.29, 1.82) is 0 Å². The summed E-state index contributed by atoms with van der Waals surface area (Å²) in [4.78, 5) is 18.1. The molecule has 138 valence electrons. The zero-order valence-corrected chi connectivity index (χ0v) is 14.3. The molecule has 0 radical (unpaired) electrons. The third-order valence-electron chi connectivity index (χ3n) is 4.17. The van der Waals surface area contributed by atoms with E-state index in [0.717, 1.165) is 21.7 Å². The van der Waals surface area contributed by atoms with Crippen LogP contribution < -0.4 is 10.2 Å². The SMILES string of the molecule is CN(CC(F)(F)F)c1nccc2cc(NC3=NCc4nccnc43)ccc12. The minimum Gasteiger partial charge on any atom is -0.350 e. The van der Waals surface area contributed by atoms with E-state index in [0.29, 0.717) is 23.5 Å². The number of rotatable bonds is 3. The minimum absolute atomic E-state index is 0.283. The number of nitrogens with one attached hydrogen (secondary N) is 1. The predicted molar refractivity (Wildman–Crippen MR) is 97.0 cm³/mol. The fourth-order valence-electron chi connectivity index (χ4n) is 3.03. The summed E-state index contributed by atoms with van der Waals surface area (Å²) in [6, 6.07) is 7.14. The molecule has 9 heteroatoms. The molecule has 0 unspecified atom stereocenters. The van der Waals surface area contributed by atoms with Crippen molar-refractivity contribution in [2.45, 2.75) is 12.7 Å². The molecule has 0 aliphatic carbocycles. The van der Waals surface area contributed by atoms with E-state index in [9.17, 15) is 13.2 Å². The van der Waals surface area contributed by atoms with Gasteiger partial charge in [0.05, 0.1) is 12.2 Å². The summed E-state index contributed by atoms with van der Waals surface area (Å²) >= 11 is 0. The van der Waals surface area contributed by atoms with Crippen LogP contribution in [0.3, 0.4) is 0 Å². The molecule has 1 aliphatic heterocycles. The second-order valence-electron chi connectivity index (χ2n) is 6.18. The molecule has 0 bridgehead atoms. The van der Waals surface area contributed by atoms with Crippen LogP contribution in [0.5, 0.6) is 0 Å². The van der Waals surface area contributed by atoms with Gasteiger partial charge in [0.2, 0.25) is 0 Å². The number of hydrogen-bond donors (Lipinski definition) is 1. The summed E-state index contributed by atoms with van der Waals surface area (Å²) in [5, 5.41) is 4.63. The number of halogens is 3. The minimum atomic E-state index is -4.30. The first kappa shape index (κ1) is 17.2. The van der Waals surface area contributed by atoms with Gasteiger partial charge < -0.3 is 10.2 Å². The van der Waals surface area contributed by atoms with Gasteiger partial charge >= 0.3 is 6.18 Å². The van der Waals surface area contributed by atoms with E-state index in [1.807, 2.05) is 6.07 Å². The quantitative estimate of drug-likeness (QED) is 0.763. The number of benzene rings is 1. The van der Waals surface area contributed by atoms with Crippen LogP contribution in [0.1, 0.15) is 11.4 Å². The summed E-state index contributed by atoms with van der Waals surface area (Å²) in [6.45, 7) is -0.596. The van der Waals surface area contributed by atoms with E-state index in [1.165, 1.54) is 13.2 Å². The van der Waals surface area contributed by atoms with Gasteiger partial charge in [0.1, 0.15) is 18.1 Å². The average molecular weight is 372 g/mol. The summed E-state index contributed by atoms with van der Waals surface area (Å²) < 4.78 is 38.1. The zero-order valence-electron chi connectivity index (χ0n) is 14.3. The Morgan fingerprint density at radius 3 is 2.70 bits per heavy atom. The smallest absolute Gasteiger partial charge is 0.350 e. The first-order chi connectivity index (χ1) is 12.9. The highest BCUT2D eigenvalue weighted by Gasteiger charge is 2.30. The van der Waals surface area contributed by atoms with Crippen LogP contribution in [0.2, 0.25) is 0 Å². The Bertz CT molecular complexity index is 1030. The standard InChI is InChI=1S/C18H15F3N6/c1-27(10-18(19,20)21)17-13-3-2-12(8-11(13)4-5-24-17)26-16-15-14(9-25-16)22-6-7-23-15/h2-8H,9-10H2,1H3,(H,25,26). The molecule has 1 aromatic carbocycles. The molecule has 0 spiro atoms. The van der Waals surface area contributed by atoms with E-state index < -0.39 is 12.7 Å². The van der Waals surface area contributed by atoms with Crippen molar-refractivity contribution in [2.24, 2.45) is 4.99 Å². The normalized spacial score (nSPS) is 13.4. The largest absolute Gasteiger partial charge is 0.405 e. The van der Waals surface area contributed by atoms with Crippen molar-refractivity contribution >= 4 is 28.1 Å². The highest BCUT2D eigenvalue weighted by atomic mass is 19.4. The summed E-state index contributed by atoms with van der Waals surface area (Å²) in [5.41, 5.74) is 2.27. The Hall–Kier alpha value is -3.23. The number of aliphatic imine (C=N–C) groups is 1. The molecule has 27 heavy (non-hydrogen) atoms. The summed E-state index contributed by atoms with van der Waals surface area (Å²) in [7, 11) is 1.38. The third-order valence-corrected chi connectivity index (χ3v) is 4.17. The second-order valence-corrected chi connectivity index (χ2v) is 6.18. The van der Waals surface area contributed by atoms with Crippen molar-refractivity contribution in [3.8, 4) is 0 Å². The number of anilines is 2. The molecule has 0 saturated heterocycles. The second kappa shape index (κ2) is 6.49. The predicted octanol–water partition coefficient (Wildman–Crippen LogP) is 3.40. The van der Waals surface area contributed by atoms with Crippen molar-refractivity contribution in [3.05, 3.63) is 54.2 Å². The Morgan fingerprint density at radius 2 is 1.89 bits per heavy atom. The van der Waals surface area contributed by atoms with Gasteiger partial charge in [0.25, 0.3) is 0 Å². The van der Waals surface area contributed by atoms with Gasteiger partial charge in [-0.1, -0.05) is 0 Å². The van der Waals surface area contributed by atoms with E-state index in [4.69, 9.17) is 0 Å². The average Bonchev–Trinajstić information content (AvgIpc) is 3.03. The van der Waals surface area contributed by atoms with Gasteiger partial charge in [0.15, 0.2) is 5.84 Å². The van der Waals surface area contributed by atoms with Gasteiger partial charge in [-0.3, -0.25) is 9.98 Å². The van der Waals surface area contributed by atoms with Crippen LogP contribution in [0.25, 0.3) is 10.8 Å². The molecule has 0 amide bonds. The topological polar surface area (TPSA) is 66.3 Å². The molecule has 1 N–H and O–H groups in total. The van der Waals surface area contributed by atoms with Crippen LogP contribution in [0.15, 0.2) is 47.8 Å². The fraction of sp³-hybridized carbons (Fsp3) is 0.222. The highest BCUT2D eigenvalue weighted by molar-refractivity contribution is 6.09. The van der Waals surface area contributed by atoms with Crippen LogP contribution >= 0.6 is 0 Å². The van der Waals surface area contributed by atoms with Crippen molar-refractivity contribution in [1.82, 2.24) is 15.0 Å². The van der Waals surface area contributed by atoms with Crippen LogP contribution in [0, 0.1) is 0 Å². The number of amidine groups is 1. The van der Waals surface area contributed by atoms with Crippen molar-refractivity contribution < 1.29 is 13.2 Å². The Balaban J connectivity index is 1.62. The fourth-order valence-corrected chi connectivity index (χ4v) is 3.03. The lowest BCUT2D eigenvalue weighted by atomic mass is 10.1. The monoisotopic (exact) mass is 372 g/mol. The molecular formula is C18H15F3N6. The van der Waals surface area contributed by atoms with Crippen LogP contribution in [0.4, 0.5) is 24.7 Å². The van der Waals surface area contributed by atoms with E-state index in [1.54, 1.807) is 30.6 Å².